The lowest BCUT2D eigenvalue weighted by atomic mass is 10.0. The van der Waals surface area contributed by atoms with Crippen molar-refractivity contribution in [1.29, 1.82) is 0 Å². The smallest absolute Gasteiger partial charge is 0.277 e. The van der Waals surface area contributed by atoms with Gasteiger partial charge in [-0.2, -0.15) is 0 Å². The van der Waals surface area contributed by atoms with Crippen LogP contribution in [-0.2, 0) is 9.59 Å². The summed E-state index contributed by atoms with van der Waals surface area (Å²) < 4.78 is 5.78. The highest BCUT2D eigenvalue weighted by Gasteiger charge is 2.41. The van der Waals surface area contributed by atoms with Crippen molar-refractivity contribution < 1.29 is 19.4 Å². The molecule has 7 heteroatoms. The van der Waals surface area contributed by atoms with Gasteiger partial charge in [0.25, 0.3) is 11.8 Å². The number of hydrogen-bond donors (Lipinski definition) is 1. The van der Waals surface area contributed by atoms with E-state index in [1.807, 2.05) is 29.2 Å². The van der Waals surface area contributed by atoms with Crippen LogP contribution >= 0.6 is 0 Å². The Kier molecular flexibility index (Phi) is 8.70. The molecule has 1 aromatic carbocycles. The first-order valence-corrected chi connectivity index (χ1v) is 11.9. The zero-order chi connectivity index (χ0) is 23.1. The molecular weight excluding hydrogens is 406 g/mol. The largest absolute Gasteiger partial charge is 0.493 e. The molecule has 0 aliphatic carbocycles. The molecule has 0 bridgehead atoms. The Balaban J connectivity index is 1.86. The van der Waals surface area contributed by atoms with Crippen LogP contribution in [0.15, 0.2) is 30.0 Å². The van der Waals surface area contributed by atoms with Gasteiger partial charge in [0.1, 0.15) is 11.4 Å². The molecule has 2 aliphatic heterocycles. The van der Waals surface area contributed by atoms with E-state index in [4.69, 9.17) is 4.74 Å². The zero-order valence-corrected chi connectivity index (χ0v) is 19.7. The molecule has 2 amide bonds. The van der Waals surface area contributed by atoms with Gasteiger partial charge < -0.3 is 14.7 Å². The molecule has 0 atom stereocenters. The molecule has 0 saturated carbocycles. The van der Waals surface area contributed by atoms with Gasteiger partial charge in [-0.1, -0.05) is 45.7 Å². The lowest BCUT2D eigenvalue weighted by molar-refractivity contribution is -0.137. The summed E-state index contributed by atoms with van der Waals surface area (Å²) in [7, 11) is 0. The number of unbranched alkanes of at least 4 members (excludes halogenated alkanes) is 2. The number of benzene rings is 1. The van der Waals surface area contributed by atoms with Gasteiger partial charge in [-0.3, -0.25) is 19.4 Å². The van der Waals surface area contributed by atoms with Crippen LogP contribution in [0.1, 0.15) is 45.6 Å². The van der Waals surface area contributed by atoms with Crippen molar-refractivity contribution in [3.63, 3.8) is 0 Å². The van der Waals surface area contributed by atoms with E-state index in [0.717, 1.165) is 43.7 Å². The first-order valence-electron chi connectivity index (χ1n) is 11.9. The van der Waals surface area contributed by atoms with Crippen molar-refractivity contribution in [3.8, 4) is 5.75 Å². The number of hydrogen-bond acceptors (Lipinski definition) is 6. The van der Waals surface area contributed by atoms with Crippen molar-refractivity contribution in [3.05, 3.63) is 35.5 Å². The number of ether oxygens (including phenoxy) is 1. The molecule has 2 heterocycles. The summed E-state index contributed by atoms with van der Waals surface area (Å²) in [6, 6.07) is 7.51. The molecule has 0 spiro atoms. The molecule has 0 aromatic heterocycles. The number of amides is 2. The van der Waals surface area contributed by atoms with Crippen molar-refractivity contribution in [2.45, 2.75) is 40.0 Å². The van der Waals surface area contributed by atoms with E-state index in [0.29, 0.717) is 50.0 Å². The lowest BCUT2D eigenvalue weighted by Gasteiger charge is -2.36. The average Bonchev–Trinajstić information content (AvgIpc) is 3.03. The number of imide groups is 1. The molecular formula is C25H37N3O4. The molecule has 32 heavy (non-hydrogen) atoms. The Bertz CT molecular complexity index is 811. The summed E-state index contributed by atoms with van der Waals surface area (Å²) in [6.07, 6.45) is 2.85. The van der Waals surface area contributed by atoms with Crippen LogP contribution in [0, 0.1) is 5.92 Å². The molecule has 2 aliphatic rings. The molecule has 7 nitrogen and oxygen atoms in total. The summed E-state index contributed by atoms with van der Waals surface area (Å²) in [6.45, 7) is 11.0. The minimum absolute atomic E-state index is 0.127. The molecule has 1 saturated heterocycles. The second kappa shape index (κ2) is 11.5. The Hall–Kier alpha value is -2.38. The van der Waals surface area contributed by atoms with Gasteiger partial charge in [-0.25, -0.2) is 0 Å². The summed E-state index contributed by atoms with van der Waals surface area (Å²) in [5.41, 5.74) is 1.77. The fourth-order valence-electron chi connectivity index (χ4n) is 4.16. The predicted octanol–water partition coefficient (Wildman–Crippen LogP) is 2.60. The Morgan fingerprint density at radius 1 is 0.969 bits per heavy atom. The monoisotopic (exact) mass is 443 g/mol. The minimum atomic E-state index is -0.199. The fourth-order valence-corrected chi connectivity index (χ4v) is 4.16. The highest BCUT2D eigenvalue weighted by Crippen LogP contribution is 2.33. The van der Waals surface area contributed by atoms with Crippen LogP contribution in [0.25, 0.3) is 5.57 Å². The number of nitrogens with zero attached hydrogens (tertiary/aromatic N) is 3. The molecule has 1 fully saturated rings. The SMILES string of the molecule is CCCCCN1C(=O)C(c2ccc(OCC(C)C)cc2)=C(N2CCN(CCO)CC2)C1=O. The van der Waals surface area contributed by atoms with Gasteiger partial charge in [-0.05, 0) is 30.0 Å². The highest BCUT2D eigenvalue weighted by molar-refractivity contribution is 6.35. The van der Waals surface area contributed by atoms with Gasteiger partial charge in [-0.15, -0.1) is 0 Å². The Morgan fingerprint density at radius 3 is 2.25 bits per heavy atom. The van der Waals surface area contributed by atoms with E-state index in [1.54, 1.807) is 0 Å². The van der Waals surface area contributed by atoms with Gasteiger partial charge in [0, 0.05) is 39.3 Å². The molecule has 1 aromatic rings. The number of rotatable bonds is 11. The van der Waals surface area contributed by atoms with Crippen LogP contribution < -0.4 is 4.74 Å². The van der Waals surface area contributed by atoms with E-state index in [2.05, 4.69) is 25.7 Å². The number of aliphatic hydroxyl groups is 1. The topological polar surface area (TPSA) is 73.3 Å². The number of β-amino-alcohol motifs (C(OH)–C–C–N with tert-alkyl or cyclic N) is 1. The van der Waals surface area contributed by atoms with E-state index < -0.39 is 0 Å². The third-order valence-corrected chi connectivity index (χ3v) is 5.96. The maximum atomic E-state index is 13.4. The van der Waals surface area contributed by atoms with Crippen molar-refractivity contribution >= 4 is 17.4 Å². The zero-order valence-electron chi connectivity index (χ0n) is 19.7. The third kappa shape index (κ3) is 5.70. The second-order valence-corrected chi connectivity index (χ2v) is 8.97. The minimum Gasteiger partial charge on any atom is -0.493 e. The van der Waals surface area contributed by atoms with E-state index in [9.17, 15) is 14.7 Å². The third-order valence-electron chi connectivity index (χ3n) is 5.96. The van der Waals surface area contributed by atoms with E-state index in [-0.39, 0.29) is 18.4 Å². The van der Waals surface area contributed by atoms with E-state index in [1.165, 1.54) is 4.90 Å². The normalized spacial score (nSPS) is 17.8. The predicted molar refractivity (Wildman–Crippen MR) is 125 cm³/mol. The maximum Gasteiger partial charge on any atom is 0.277 e. The fraction of sp³-hybridized carbons (Fsp3) is 0.600. The number of carbonyl (C=O) groups excluding carboxylic acids is 2. The first-order chi connectivity index (χ1) is 15.5. The van der Waals surface area contributed by atoms with Crippen molar-refractivity contribution in [2.24, 2.45) is 5.92 Å². The van der Waals surface area contributed by atoms with Crippen molar-refractivity contribution in [2.75, 3.05) is 52.5 Å². The number of aliphatic hydroxyl groups excluding tert-OH is 1. The summed E-state index contributed by atoms with van der Waals surface area (Å²) in [4.78, 5) is 32.4. The Labute approximate surface area is 191 Å². The molecule has 3 rings (SSSR count). The maximum absolute atomic E-state index is 13.4. The summed E-state index contributed by atoms with van der Waals surface area (Å²) in [5, 5.41) is 9.21. The van der Waals surface area contributed by atoms with Crippen LogP contribution in [0.4, 0.5) is 0 Å². The summed E-state index contributed by atoms with van der Waals surface area (Å²) >= 11 is 0. The van der Waals surface area contributed by atoms with Crippen molar-refractivity contribution in [1.82, 2.24) is 14.7 Å². The van der Waals surface area contributed by atoms with Crippen LogP contribution in [0.2, 0.25) is 0 Å². The average molecular weight is 444 g/mol. The second-order valence-electron chi connectivity index (χ2n) is 8.97. The number of carbonyl (C=O) groups is 2. The standard InChI is InChI=1S/C25H37N3O4/c1-4-5-6-11-28-24(30)22(20-7-9-21(10-8-20)32-18-19(2)3)23(25(28)31)27-14-12-26(13-15-27)16-17-29/h7-10,19,29H,4-6,11-18H2,1-3H3. The van der Waals surface area contributed by atoms with E-state index >= 15 is 0 Å². The highest BCUT2D eigenvalue weighted by atomic mass is 16.5. The van der Waals surface area contributed by atoms with Crippen LogP contribution in [-0.4, -0.2) is 84.1 Å². The van der Waals surface area contributed by atoms with Gasteiger partial charge in [0.2, 0.25) is 0 Å². The quantitative estimate of drug-likeness (QED) is 0.419. The molecule has 0 unspecified atom stereocenters. The molecule has 1 N–H and O–H groups in total. The van der Waals surface area contributed by atoms with Gasteiger partial charge in [0.05, 0.1) is 18.8 Å². The van der Waals surface area contributed by atoms with Gasteiger partial charge >= 0.3 is 0 Å². The lowest BCUT2D eigenvalue weighted by Crippen LogP contribution is -2.48. The van der Waals surface area contributed by atoms with Crippen LogP contribution in [0.5, 0.6) is 5.75 Å². The van der Waals surface area contributed by atoms with Gasteiger partial charge in [0.15, 0.2) is 0 Å². The van der Waals surface area contributed by atoms with Crippen LogP contribution in [0.3, 0.4) is 0 Å². The first kappa shape index (κ1) is 24.3. The Morgan fingerprint density at radius 2 is 1.66 bits per heavy atom. The summed E-state index contributed by atoms with van der Waals surface area (Å²) in [5.74, 6) is 0.810. The number of piperazine rings is 1. The molecule has 0 radical (unpaired) electrons. The molecule has 176 valence electrons.